The first-order valence-corrected chi connectivity index (χ1v) is 9.46. The summed E-state index contributed by atoms with van der Waals surface area (Å²) in [6, 6.07) is 3.99. The van der Waals surface area contributed by atoms with Gasteiger partial charge in [-0.1, -0.05) is 11.3 Å². The number of nitrogens with one attached hydrogen (secondary N) is 1. The minimum atomic E-state index is 1.00. The summed E-state index contributed by atoms with van der Waals surface area (Å²) in [4.78, 5) is 8.82. The predicted molar refractivity (Wildman–Crippen MR) is 88.6 cm³/mol. The molecule has 102 valence electrons. The Balaban J connectivity index is 2.09. The van der Waals surface area contributed by atoms with Crippen LogP contribution in [0.2, 0.25) is 0 Å². The Hall–Kier alpha value is -0.720. The lowest BCUT2D eigenvalue weighted by Crippen LogP contribution is -2.01. The highest BCUT2D eigenvalue weighted by Gasteiger charge is 2.11. The molecule has 2 aromatic heterocycles. The molecule has 0 unspecified atom stereocenters. The third-order valence-corrected chi connectivity index (χ3v) is 5.08. The molecule has 6 heteroatoms. The number of nitrogens with zero attached hydrogens (tertiary/aromatic N) is 2. The molecule has 2 aromatic rings. The highest BCUT2D eigenvalue weighted by atomic mass is 32.2. The minimum Gasteiger partial charge on any atom is -0.375 e. The van der Waals surface area contributed by atoms with E-state index in [9.17, 15) is 0 Å². The van der Waals surface area contributed by atoms with Gasteiger partial charge >= 0.3 is 0 Å². The smallest absolute Gasteiger partial charge is 0.131 e. The van der Waals surface area contributed by atoms with Crippen molar-refractivity contribution in [3.8, 4) is 10.6 Å². The van der Waals surface area contributed by atoms with Crippen LogP contribution in [0, 0.1) is 0 Å². The van der Waals surface area contributed by atoms with E-state index in [1.165, 1.54) is 17.2 Å². The van der Waals surface area contributed by atoms with Crippen molar-refractivity contribution in [1.82, 2.24) is 9.97 Å². The number of hydrogen-bond donors (Lipinski definition) is 1. The maximum absolute atomic E-state index is 4.67. The van der Waals surface area contributed by atoms with Crippen LogP contribution in [0.3, 0.4) is 0 Å². The zero-order valence-corrected chi connectivity index (χ0v) is 13.5. The van der Waals surface area contributed by atoms with Gasteiger partial charge in [-0.2, -0.15) is 11.8 Å². The second kappa shape index (κ2) is 7.77. The summed E-state index contributed by atoms with van der Waals surface area (Å²) < 4.78 is 0. The Morgan fingerprint density at radius 3 is 2.95 bits per heavy atom. The molecule has 3 nitrogen and oxygen atoms in total. The molecule has 0 atom stereocenters. The zero-order chi connectivity index (χ0) is 13.5. The van der Waals surface area contributed by atoms with Crippen LogP contribution in [0.4, 0.5) is 5.00 Å². The van der Waals surface area contributed by atoms with Gasteiger partial charge in [-0.3, -0.25) is 4.98 Å². The van der Waals surface area contributed by atoms with E-state index >= 15 is 0 Å². The summed E-state index contributed by atoms with van der Waals surface area (Å²) in [5.41, 5.74) is 1.08. The van der Waals surface area contributed by atoms with E-state index < -0.39 is 0 Å². The molecule has 0 bridgehead atoms. The van der Waals surface area contributed by atoms with Crippen molar-refractivity contribution in [3.63, 3.8) is 0 Å². The van der Waals surface area contributed by atoms with Crippen LogP contribution >= 0.6 is 34.9 Å². The predicted octanol–water partition coefficient (Wildman–Crippen LogP) is 4.09. The maximum atomic E-state index is 4.67. The van der Waals surface area contributed by atoms with Crippen molar-refractivity contribution in [1.29, 1.82) is 0 Å². The molecule has 0 aliphatic carbocycles. The second-order valence-corrected chi connectivity index (χ2v) is 6.65. The van der Waals surface area contributed by atoms with E-state index in [4.69, 9.17) is 0 Å². The number of aromatic nitrogens is 2. The average molecular weight is 312 g/mol. The monoisotopic (exact) mass is 311 g/mol. The van der Waals surface area contributed by atoms with E-state index in [1.807, 2.05) is 30.1 Å². The molecule has 1 N–H and O–H groups in total. The molecular formula is C13H17N3S3. The number of rotatable bonds is 7. The molecule has 0 fully saturated rings. The molecule has 19 heavy (non-hydrogen) atoms. The van der Waals surface area contributed by atoms with Crippen molar-refractivity contribution in [2.45, 2.75) is 11.4 Å². The first kappa shape index (κ1) is 14.7. The second-order valence-electron chi connectivity index (χ2n) is 3.87. The Kier molecular flexibility index (Phi) is 6.00. The molecule has 0 saturated heterocycles. The fourth-order valence-corrected chi connectivity index (χ4v) is 3.77. The summed E-state index contributed by atoms with van der Waals surface area (Å²) in [6.07, 6.45) is 9.03. The number of thioether (sulfide) groups is 2. The van der Waals surface area contributed by atoms with Crippen LogP contribution in [0.1, 0.15) is 6.42 Å². The van der Waals surface area contributed by atoms with E-state index in [0.717, 1.165) is 22.1 Å². The van der Waals surface area contributed by atoms with Crippen molar-refractivity contribution >= 4 is 39.9 Å². The van der Waals surface area contributed by atoms with Gasteiger partial charge in [0.05, 0.1) is 0 Å². The van der Waals surface area contributed by atoms with Gasteiger partial charge in [0.25, 0.3) is 0 Å². The number of pyridine rings is 1. The Labute approximate surface area is 126 Å². The SMILES string of the molecule is CSCCCNc1sc(-c2cccnc2)nc1SC. The molecule has 0 spiro atoms. The fourth-order valence-electron chi connectivity index (χ4n) is 1.59. The van der Waals surface area contributed by atoms with Gasteiger partial charge in [0.1, 0.15) is 15.0 Å². The first-order valence-electron chi connectivity index (χ1n) is 6.03. The summed E-state index contributed by atoms with van der Waals surface area (Å²) in [6.45, 7) is 1.00. The van der Waals surface area contributed by atoms with Crippen LogP contribution in [-0.2, 0) is 0 Å². The lowest BCUT2D eigenvalue weighted by molar-refractivity contribution is 0.988. The molecule has 0 radical (unpaired) electrons. The number of thiazole rings is 1. The molecular weight excluding hydrogens is 294 g/mol. The molecule has 0 amide bonds. The zero-order valence-electron chi connectivity index (χ0n) is 11.0. The van der Waals surface area contributed by atoms with Crippen molar-refractivity contribution in [2.75, 3.05) is 30.1 Å². The van der Waals surface area contributed by atoms with Crippen LogP contribution in [0.15, 0.2) is 29.6 Å². The van der Waals surface area contributed by atoms with Crippen LogP contribution < -0.4 is 5.32 Å². The third kappa shape index (κ3) is 4.12. The Morgan fingerprint density at radius 2 is 2.26 bits per heavy atom. The van der Waals surface area contributed by atoms with Crippen LogP contribution in [0.25, 0.3) is 10.6 Å². The summed E-state index contributed by atoms with van der Waals surface area (Å²) in [7, 11) is 0. The van der Waals surface area contributed by atoms with Gasteiger partial charge in [-0.15, -0.1) is 11.8 Å². The normalized spacial score (nSPS) is 10.6. The average Bonchev–Trinajstić information content (AvgIpc) is 2.88. The van der Waals surface area contributed by atoms with E-state index in [0.29, 0.717) is 0 Å². The summed E-state index contributed by atoms with van der Waals surface area (Å²) in [5, 5.41) is 6.77. The highest BCUT2D eigenvalue weighted by Crippen LogP contribution is 2.36. The first-order chi connectivity index (χ1) is 9.35. The fraction of sp³-hybridized carbons (Fsp3) is 0.385. The molecule has 0 saturated carbocycles. The van der Waals surface area contributed by atoms with Gasteiger partial charge in [-0.25, -0.2) is 4.98 Å². The minimum absolute atomic E-state index is 1.00. The quantitative estimate of drug-likeness (QED) is 0.616. The van der Waals surface area contributed by atoms with E-state index in [2.05, 4.69) is 27.8 Å². The number of anilines is 1. The summed E-state index contributed by atoms with van der Waals surface area (Å²) in [5.74, 6) is 1.19. The van der Waals surface area contributed by atoms with Crippen molar-refractivity contribution < 1.29 is 0 Å². The lowest BCUT2D eigenvalue weighted by Gasteiger charge is -2.03. The Bertz CT molecular complexity index is 499. The highest BCUT2D eigenvalue weighted by molar-refractivity contribution is 7.99. The van der Waals surface area contributed by atoms with Gasteiger partial charge < -0.3 is 5.32 Å². The molecule has 0 aliphatic rings. The molecule has 2 heterocycles. The topological polar surface area (TPSA) is 37.8 Å². The largest absolute Gasteiger partial charge is 0.375 e. The summed E-state index contributed by atoms with van der Waals surface area (Å²) >= 11 is 5.27. The van der Waals surface area contributed by atoms with Crippen molar-refractivity contribution in [2.24, 2.45) is 0 Å². The van der Waals surface area contributed by atoms with Crippen LogP contribution in [0.5, 0.6) is 0 Å². The Morgan fingerprint density at radius 1 is 1.37 bits per heavy atom. The van der Waals surface area contributed by atoms with E-state index in [1.54, 1.807) is 29.3 Å². The number of hydrogen-bond acceptors (Lipinski definition) is 6. The van der Waals surface area contributed by atoms with Gasteiger partial charge in [0.15, 0.2) is 0 Å². The third-order valence-electron chi connectivity index (χ3n) is 2.51. The van der Waals surface area contributed by atoms with Gasteiger partial charge in [0, 0.05) is 24.5 Å². The standard InChI is InChI=1S/C13H17N3S3/c1-17-8-4-7-15-12-13(18-2)16-11(19-12)10-5-3-6-14-9-10/h3,5-6,9,15H,4,7-8H2,1-2H3. The molecule has 2 rings (SSSR count). The van der Waals surface area contributed by atoms with Crippen molar-refractivity contribution in [3.05, 3.63) is 24.5 Å². The van der Waals surface area contributed by atoms with E-state index in [-0.39, 0.29) is 0 Å². The van der Waals surface area contributed by atoms with Gasteiger partial charge in [0.2, 0.25) is 0 Å². The maximum Gasteiger partial charge on any atom is 0.131 e. The van der Waals surface area contributed by atoms with Gasteiger partial charge in [-0.05, 0) is 36.8 Å². The molecule has 0 aliphatic heterocycles. The lowest BCUT2D eigenvalue weighted by atomic mass is 10.3. The van der Waals surface area contributed by atoms with Crippen LogP contribution in [-0.4, -0.2) is 34.8 Å². The molecule has 0 aromatic carbocycles.